The smallest absolute Gasteiger partial charge is 0.323 e. The van der Waals surface area contributed by atoms with Crippen molar-refractivity contribution >= 4 is 11.0 Å². The number of aliphatic hydroxyl groups is 1. The molecule has 6 nitrogen and oxygen atoms in total. The summed E-state index contributed by atoms with van der Waals surface area (Å²) in [5.41, 5.74) is -0.0150. The lowest BCUT2D eigenvalue weighted by Gasteiger charge is -2.23. The van der Waals surface area contributed by atoms with Gasteiger partial charge in [0.2, 0.25) is 0 Å². The molecule has 4 N–H and O–H groups in total. The van der Waals surface area contributed by atoms with Gasteiger partial charge in [-0.05, 0) is 32.9 Å². The second-order valence-electron chi connectivity index (χ2n) is 5.69. The van der Waals surface area contributed by atoms with Gasteiger partial charge in [0.1, 0.15) is 24.0 Å². The molecule has 1 unspecified atom stereocenters. The highest BCUT2D eigenvalue weighted by molar-refractivity contribution is 5.80. The van der Waals surface area contributed by atoms with Crippen LogP contribution in [0.3, 0.4) is 0 Å². The van der Waals surface area contributed by atoms with E-state index in [0.29, 0.717) is 12.1 Å². The van der Waals surface area contributed by atoms with Gasteiger partial charge in [-0.1, -0.05) is 6.07 Å². The highest BCUT2D eigenvalue weighted by Crippen LogP contribution is 2.20. The van der Waals surface area contributed by atoms with Gasteiger partial charge in [-0.2, -0.15) is 0 Å². The van der Waals surface area contributed by atoms with Crippen LogP contribution >= 0.6 is 0 Å². The van der Waals surface area contributed by atoms with E-state index in [1.54, 1.807) is 0 Å². The van der Waals surface area contributed by atoms with Gasteiger partial charge in [-0.15, -0.1) is 0 Å². The minimum Gasteiger partial charge on any atom is -0.489 e. The van der Waals surface area contributed by atoms with Crippen LogP contribution < -0.4 is 15.7 Å². The Morgan fingerprint density at radius 1 is 1.45 bits per heavy atom. The molecule has 0 bridgehead atoms. The molecule has 110 valence electrons. The Kier molecular flexibility index (Phi) is 3.41. The molecule has 0 amide bonds. The maximum atomic E-state index is 11.4. The van der Waals surface area contributed by atoms with Crippen LogP contribution in [0.25, 0.3) is 11.0 Å². The average molecular weight is 283 g/mol. The maximum absolute atomic E-state index is 11.4. The molecular weight excluding hydrogens is 258 g/mol. The van der Waals surface area contributed by atoms with Crippen LogP contribution in [0.2, 0.25) is 0 Å². The molecule has 2 aromatic rings. The Balaban J connectivity index is 2.13. The zero-order chi connectivity index (χ0) is 16.5. The van der Waals surface area contributed by atoms with Gasteiger partial charge >= 0.3 is 5.69 Å². The summed E-state index contributed by atoms with van der Waals surface area (Å²) in [5, 5.41) is 13.1. The fourth-order valence-electron chi connectivity index (χ4n) is 1.68. The number of para-hydroxylation sites is 1. The molecule has 0 radical (unpaired) electrons. The van der Waals surface area contributed by atoms with Crippen LogP contribution in [0.4, 0.5) is 0 Å². The van der Waals surface area contributed by atoms with E-state index in [2.05, 4.69) is 15.3 Å². The summed E-state index contributed by atoms with van der Waals surface area (Å²) in [4.78, 5) is 16.4. The molecule has 0 fully saturated rings. The molecule has 1 atom stereocenters. The predicted molar refractivity (Wildman–Crippen MR) is 78.2 cm³/mol. The van der Waals surface area contributed by atoms with E-state index in [1.807, 2.05) is 20.8 Å². The first-order valence-electron chi connectivity index (χ1n) is 7.45. The van der Waals surface area contributed by atoms with Gasteiger partial charge in [-0.25, -0.2) is 4.79 Å². The summed E-state index contributed by atoms with van der Waals surface area (Å²) in [6, 6.07) is 1.32. The largest absolute Gasteiger partial charge is 0.489 e. The number of aromatic nitrogens is 2. The monoisotopic (exact) mass is 283 g/mol. The topological polar surface area (TPSA) is 90.1 Å². The predicted octanol–water partition coefficient (Wildman–Crippen LogP) is 0.984. The Labute approximate surface area is 120 Å². The van der Waals surface area contributed by atoms with E-state index in [9.17, 15) is 9.90 Å². The van der Waals surface area contributed by atoms with Crippen LogP contribution in [-0.4, -0.2) is 39.9 Å². The van der Waals surface area contributed by atoms with Crippen molar-refractivity contribution in [2.75, 3.05) is 13.2 Å². The highest BCUT2D eigenvalue weighted by atomic mass is 16.5. The number of nitrogens with one attached hydrogen (secondary N) is 3. The van der Waals surface area contributed by atoms with Crippen LogP contribution in [0.5, 0.6) is 5.75 Å². The first-order valence-corrected chi connectivity index (χ1v) is 6.45. The summed E-state index contributed by atoms with van der Waals surface area (Å²) in [5.74, 6) is 0.152. The minimum absolute atomic E-state index is 0.0104. The Morgan fingerprint density at radius 2 is 2.20 bits per heavy atom. The third-order valence-electron chi connectivity index (χ3n) is 2.66. The number of ether oxygens (including phenoxy) is 1. The molecule has 1 aromatic carbocycles. The molecular formula is C14H21N3O3. The number of aromatic amines is 2. The molecule has 1 heterocycles. The lowest BCUT2D eigenvalue weighted by molar-refractivity contribution is 0.101. The van der Waals surface area contributed by atoms with Crippen LogP contribution in [0, 0.1) is 0 Å². The molecule has 0 aliphatic carbocycles. The molecule has 0 saturated heterocycles. The first-order chi connectivity index (χ1) is 10.2. The van der Waals surface area contributed by atoms with Crippen molar-refractivity contribution in [3.63, 3.8) is 0 Å². The molecule has 0 spiro atoms. The zero-order valence-corrected chi connectivity index (χ0v) is 11.8. The van der Waals surface area contributed by atoms with Crippen LogP contribution in [0.1, 0.15) is 23.5 Å². The van der Waals surface area contributed by atoms with E-state index >= 15 is 0 Å². The summed E-state index contributed by atoms with van der Waals surface area (Å²) in [7, 11) is 0. The maximum Gasteiger partial charge on any atom is 0.323 e. The number of H-pyrrole nitrogens is 2. The molecule has 0 aliphatic heterocycles. The SMILES string of the molecule is [3H]c1cc([3H])c2[nH]c(=O)[nH]c2c1OCC(O)CNC(C)(C)C. The van der Waals surface area contributed by atoms with Crippen molar-refractivity contribution in [3.05, 3.63) is 28.6 Å². The number of β-amino-alcohol motifs (C(OH)–C–C–N with tert-alkyl or cyclic N) is 1. The quantitative estimate of drug-likeness (QED) is 0.658. The molecule has 2 rings (SSSR count). The summed E-state index contributed by atoms with van der Waals surface area (Å²) in [6.07, 6.45) is -0.755. The summed E-state index contributed by atoms with van der Waals surface area (Å²) < 4.78 is 21.1. The summed E-state index contributed by atoms with van der Waals surface area (Å²) >= 11 is 0. The fourth-order valence-corrected chi connectivity index (χ4v) is 1.68. The van der Waals surface area contributed by atoms with Gasteiger partial charge in [0.25, 0.3) is 0 Å². The average Bonchev–Trinajstić information content (AvgIpc) is 2.77. The van der Waals surface area contributed by atoms with Gasteiger partial charge < -0.3 is 25.1 Å². The minimum atomic E-state index is -0.755. The van der Waals surface area contributed by atoms with Crippen LogP contribution in [0.15, 0.2) is 22.9 Å². The lowest BCUT2D eigenvalue weighted by atomic mass is 10.1. The Hall–Kier alpha value is -1.79. The standard InChI is InChI=1S/C14H21N3O3/c1-14(2,3)15-7-9(18)8-20-11-6-4-5-10-12(11)17-13(19)16-10/h4-6,9,15,18H,7-8H2,1-3H3,(H2,16,17,19)/i5T,6T. The summed E-state index contributed by atoms with van der Waals surface area (Å²) in [6.45, 7) is 6.30. The molecule has 1 aromatic heterocycles. The van der Waals surface area contributed by atoms with Gasteiger partial charge in [0, 0.05) is 12.1 Å². The van der Waals surface area contributed by atoms with Crippen molar-refractivity contribution in [1.82, 2.24) is 15.3 Å². The first kappa shape index (κ1) is 12.0. The van der Waals surface area contributed by atoms with Crippen molar-refractivity contribution in [3.8, 4) is 5.75 Å². The van der Waals surface area contributed by atoms with Gasteiger partial charge in [0.05, 0.1) is 8.26 Å². The Bertz CT molecular complexity index is 718. The van der Waals surface area contributed by atoms with Crippen LogP contribution in [-0.2, 0) is 0 Å². The van der Waals surface area contributed by atoms with E-state index in [0.717, 1.165) is 0 Å². The van der Waals surface area contributed by atoms with E-state index in [4.69, 9.17) is 7.48 Å². The zero-order valence-electron chi connectivity index (χ0n) is 13.8. The molecule has 6 heteroatoms. The highest BCUT2D eigenvalue weighted by Gasteiger charge is 2.13. The third kappa shape index (κ3) is 3.85. The number of imidazole rings is 1. The van der Waals surface area contributed by atoms with E-state index in [1.165, 1.54) is 6.07 Å². The lowest BCUT2D eigenvalue weighted by Crippen LogP contribution is -2.42. The van der Waals surface area contributed by atoms with E-state index < -0.39 is 11.8 Å². The number of fused-ring (bicyclic) bond motifs is 1. The number of hydrogen-bond donors (Lipinski definition) is 4. The molecule has 0 aliphatic rings. The number of benzene rings is 1. The van der Waals surface area contributed by atoms with Crippen molar-refractivity contribution in [1.29, 1.82) is 0 Å². The third-order valence-corrected chi connectivity index (χ3v) is 2.66. The van der Waals surface area contributed by atoms with Crippen molar-refractivity contribution < 1.29 is 12.6 Å². The second kappa shape index (κ2) is 5.68. The number of hydrogen-bond acceptors (Lipinski definition) is 4. The van der Waals surface area contributed by atoms with Gasteiger partial charge in [-0.3, -0.25) is 0 Å². The van der Waals surface area contributed by atoms with Gasteiger partial charge in [0.15, 0.2) is 0 Å². The Morgan fingerprint density at radius 3 is 2.90 bits per heavy atom. The normalized spacial score (nSPS) is 15.0. The second-order valence-corrected chi connectivity index (χ2v) is 5.69. The van der Waals surface area contributed by atoms with Crippen molar-refractivity contribution in [2.24, 2.45) is 0 Å². The van der Waals surface area contributed by atoms with E-state index in [-0.39, 0.29) is 35.5 Å². The molecule has 0 saturated carbocycles. The number of rotatable bonds is 5. The van der Waals surface area contributed by atoms with Crippen molar-refractivity contribution in [2.45, 2.75) is 32.4 Å². The molecule has 20 heavy (non-hydrogen) atoms. The number of aliphatic hydroxyl groups excluding tert-OH is 1. The fraction of sp³-hybridized carbons (Fsp3) is 0.500.